The molecule has 1 N–H and O–H groups in total. The minimum Gasteiger partial charge on any atom is -0.461 e. The smallest absolute Gasteiger partial charge is 0.219 e. The van der Waals surface area contributed by atoms with Crippen LogP contribution in [0.5, 0.6) is 0 Å². The first-order valence-corrected chi connectivity index (χ1v) is 8.33. The van der Waals surface area contributed by atoms with Crippen molar-refractivity contribution in [3.63, 3.8) is 0 Å². The minimum atomic E-state index is 0.383. The van der Waals surface area contributed by atoms with Gasteiger partial charge in [-0.2, -0.15) is 9.78 Å². The van der Waals surface area contributed by atoms with Crippen LogP contribution in [0.3, 0.4) is 0 Å². The molecular formula is C17H16N6O2S. The van der Waals surface area contributed by atoms with E-state index in [1.165, 1.54) is 4.68 Å². The number of H-pyrrole nitrogens is 1. The maximum absolute atomic E-state index is 5.39. The number of furan rings is 1. The highest BCUT2D eigenvalue weighted by molar-refractivity contribution is 7.71. The molecule has 0 spiro atoms. The molecule has 4 rings (SSSR count). The molecule has 0 radical (unpaired) electrons. The van der Waals surface area contributed by atoms with Gasteiger partial charge < -0.3 is 8.94 Å². The second-order valence-electron chi connectivity index (χ2n) is 5.84. The zero-order valence-electron chi connectivity index (χ0n) is 14.4. The number of hydrogen-bond donors (Lipinski definition) is 1. The molecule has 0 unspecified atom stereocenters. The maximum Gasteiger partial charge on any atom is 0.219 e. The second kappa shape index (κ2) is 6.26. The highest BCUT2D eigenvalue weighted by Gasteiger charge is 2.14. The third kappa shape index (κ3) is 2.72. The standard InChI is InChI=1S/C17H16N6O2S/c1-10-7-13(12(3)22(10)15-8-11(2)25-21-15)9-18-23-16(19-20-17(23)26)14-5-4-6-24-14/h4-9H,1-3H3,(H,20,26)/b18-9-. The van der Waals surface area contributed by atoms with Gasteiger partial charge in [-0.1, -0.05) is 5.16 Å². The average molecular weight is 368 g/mol. The third-order valence-corrected chi connectivity index (χ3v) is 4.28. The van der Waals surface area contributed by atoms with Crippen molar-refractivity contribution >= 4 is 18.4 Å². The van der Waals surface area contributed by atoms with E-state index in [0.29, 0.717) is 16.4 Å². The monoisotopic (exact) mass is 368 g/mol. The van der Waals surface area contributed by atoms with Crippen LogP contribution in [-0.2, 0) is 0 Å². The van der Waals surface area contributed by atoms with E-state index in [9.17, 15) is 0 Å². The summed E-state index contributed by atoms with van der Waals surface area (Å²) in [4.78, 5) is 0. The minimum absolute atomic E-state index is 0.383. The molecule has 0 aliphatic carbocycles. The van der Waals surface area contributed by atoms with Gasteiger partial charge in [-0.05, 0) is 51.2 Å². The lowest BCUT2D eigenvalue weighted by atomic mass is 10.3. The van der Waals surface area contributed by atoms with E-state index in [0.717, 1.165) is 28.5 Å². The lowest BCUT2D eigenvalue weighted by Gasteiger charge is -2.03. The first-order chi connectivity index (χ1) is 12.5. The van der Waals surface area contributed by atoms with Crippen molar-refractivity contribution in [2.75, 3.05) is 0 Å². The van der Waals surface area contributed by atoms with Gasteiger partial charge in [0.15, 0.2) is 11.6 Å². The summed E-state index contributed by atoms with van der Waals surface area (Å²) in [7, 11) is 0. The fraction of sp³-hybridized carbons (Fsp3) is 0.176. The second-order valence-corrected chi connectivity index (χ2v) is 6.23. The number of rotatable bonds is 4. The van der Waals surface area contributed by atoms with Gasteiger partial charge >= 0.3 is 0 Å². The Bertz CT molecular complexity index is 1140. The van der Waals surface area contributed by atoms with Gasteiger partial charge in [0.05, 0.1) is 12.5 Å². The van der Waals surface area contributed by atoms with Gasteiger partial charge in [0.25, 0.3) is 0 Å². The van der Waals surface area contributed by atoms with Gasteiger partial charge in [-0.25, -0.2) is 5.10 Å². The zero-order valence-corrected chi connectivity index (χ0v) is 15.2. The van der Waals surface area contributed by atoms with Crippen molar-refractivity contribution < 1.29 is 8.94 Å². The van der Waals surface area contributed by atoms with Crippen LogP contribution in [0.2, 0.25) is 0 Å². The Hall–Kier alpha value is -3.20. The maximum atomic E-state index is 5.39. The molecule has 0 atom stereocenters. The Morgan fingerprint density at radius 2 is 2.12 bits per heavy atom. The molecule has 0 amide bonds. The highest BCUT2D eigenvalue weighted by Crippen LogP contribution is 2.21. The molecule has 8 nitrogen and oxygen atoms in total. The van der Waals surface area contributed by atoms with Crippen LogP contribution in [0.1, 0.15) is 22.7 Å². The Morgan fingerprint density at radius 3 is 2.81 bits per heavy atom. The Labute approximate surface area is 153 Å². The summed E-state index contributed by atoms with van der Waals surface area (Å²) in [6.45, 7) is 5.87. The van der Waals surface area contributed by atoms with E-state index in [4.69, 9.17) is 21.2 Å². The predicted octanol–water partition coefficient (Wildman–Crippen LogP) is 3.79. The lowest BCUT2D eigenvalue weighted by molar-refractivity contribution is 0.394. The van der Waals surface area contributed by atoms with Crippen LogP contribution in [0.4, 0.5) is 0 Å². The van der Waals surface area contributed by atoms with Gasteiger partial charge in [0.2, 0.25) is 10.6 Å². The predicted molar refractivity (Wildman–Crippen MR) is 98.1 cm³/mol. The summed E-state index contributed by atoms with van der Waals surface area (Å²) in [6, 6.07) is 7.51. The highest BCUT2D eigenvalue weighted by atomic mass is 32.1. The third-order valence-electron chi connectivity index (χ3n) is 4.02. The number of nitrogens with one attached hydrogen (secondary N) is 1. The fourth-order valence-corrected chi connectivity index (χ4v) is 2.99. The van der Waals surface area contributed by atoms with Gasteiger partial charge in [0, 0.05) is 23.0 Å². The summed E-state index contributed by atoms with van der Waals surface area (Å²) in [5, 5.41) is 15.5. The van der Waals surface area contributed by atoms with Crippen molar-refractivity contribution in [1.82, 2.24) is 24.6 Å². The van der Waals surface area contributed by atoms with E-state index in [1.54, 1.807) is 24.6 Å². The number of nitrogens with zero attached hydrogens (tertiary/aromatic N) is 5. The van der Waals surface area contributed by atoms with E-state index < -0.39 is 0 Å². The molecule has 0 saturated carbocycles. The molecule has 4 heterocycles. The summed E-state index contributed by atoms with van der Waals surface area (Å²) in [5.41, 5.74) is 2.96. The Morgan fingerprint density at radius 1 is 1.27 bits per heavy atom. The molecule has 0 aromatic carbocycles. The quantitative estimate of drug-likeness (QED) is 0.437. The zero-order chi connectivity index (χ0) is 18.3. The van der Waals surface area contributed by atoms with Gasteiger partial charge in [-0.3, -0.25) is 4.57 Å². The van der Waals surface area contributed by atoms with Crippen molar-refractivity contribution in [3.05, 3.63) is 58.0 Å². The first kappa shape index (κ1) is 16.3. The molecule has 0 fully saturated rings. The van der Waals surface area contributed by atoms with Crippen LogP contribution in [0, 0.1) is 25.5 Å². The molecule has 4 aromatic heterocycles. The van der Waals surface area contributed by atoms with Crippen LogP contribution in [0.15, 0.2) is 44.6 Å². The number of aromatic amines is 1. The molecule has 4 aromatic rings. The summed E-state index contributed by atoms with van der Waals surface area (Å²) >= 11 is 5.27. The van der Waals surface area contributed by atoms with E-state index in [-0.39, 0.29) is 0 Å². The Kier molecular flexibility index (Phi) is 3.92. The molecular weight excluding hydrogens is 352 g/mol. The van der Waals surface area contributed by atoms with Crippen molar-refractivity contribution in [3.8, 4) is 17.4 Å². The Balaban J connectivity index is 1.73. The average Bonchev–Trinajstić information content (AvgIpc) is 3.36. The van der Waals surface area contributed by atoms with E-state index in [2.05, 4.69) is 20.5 Å². The van der Waals surface area contributed by atoms with Gasteiger partial charge in [0.1, 0.15) is 5.76 Å². The van der Waals surface area contributed by atoms with Crippen LogP contribution >= 0.6 is 12.2 Å². The number of aryl methyl sites for hydroxylation is 2. The number of hydrogen-bond acceptors (Lipinski definition) is 6. The van der Waals surface area contributed by atoms with Crippen LogP contribution in [-0.4, -0.2) is 30.8 Å². The summed E-state index contributed by atoms with van der Waals surface area (Å²) in [5.74, 6) is 2.60. The van der Waals surface area contributed by atoms with Crippen molar-refractivity contribution in [1.29, 1.82) is 0 Å². The molecule has 0 aliphatic rings. The molecule has 0 saturated heterocycles. The molecule has 9 heteroatoms. The normalized spacial score (nSPS) is 11.7. The fourth-order valence-electron chi connectivity index (χ4n) is 2.81. The van der Waals surface area contributed by atoms with Crippen molar-refractivity contribution in [2.45, 2.75) is 20.8 Å². The lowest BCUT2D eigenvalue weighted by Crippen LogP contribution is -2.00. The van der Waals surface area contributed by atoms with E-state index >= 15 is 0 Å². The van der Waals surface area contributed by atoms with Crippen LogP contribution in [0.25, 0.3) is 17.4 Å². The van der Waals surface area contributed by atoms with Gasteiger partial charge in [-0.15, -0.1) is 5.10 Å². The molecule has 132 valence electrons. The summed E-state index contributed by atoms with van der Waals surface area (Å²) < 4.78 is 14.5. The summed E-state index contributed by atoms with van der Waals surface area (Å²) in [6.07, 6.45) is 3.32. The number of aromatic nitrogens is 5. The van der Waals surface area contributed by atoms with Crippen LogP contribution < -0.4 is 0 Å². The van der Waals surface area contributed by atoms with E-state index in [1.807, 2.05) is 37.5 Å². The molecule has 0 aliphatic heterocycles. The SMILES string of the molecule is Cc1cc(-n2c(C)cc(/C=N\n3c(-c4ccco4)n[nH]c3=S)c2C)no1. The molecule has 0 bridgehead atoms. The van der Waals surface area contributed by atoms with Crippen molar-refractivity contribution in [2.24, 2.45) is 5.10 Å². The molecule has 26 heavy (non-hydrogen) atoms. The topological polar surface area (TPSA) is 90.1 Å². The largest absolute Gasteiger partial charge is 0.461 e. The first-order valence-electron chi connectivity index (χ1n) is 7.93.